The monoisotopic (exact) mass is 458 g/mol. The first-order valence-electron chi connectivity index (χ1n) is 11.0. The van der Waals surface area contributed by atoms with E-state index >= 15 is 0 Å². The highest BCUT2D eigenvalue weighted by Gasteiger charge is 2.40. The second-order valence-corrected chi connectivity index (χ2v) is 17.8. The fourth-order valence-electron chi connectivity index (χ4n) is 3.14. The van der Waals surface area contributed by atoms with E-state index in [9.17, 15) is 0 Å². The number of thioether (sulfide) groups is 2. The van der Waals surface area contributed by atoms with Gasteiger partial charge < -0.3 is 13.9 Å². The molecular weight excluding hydrogens is 416 g/mol. The van der Waals surface area contributed by atoms with E-state index in [0.717, 1.165) is 12.8 Å². The molecule has 0 radical (unpaired) electrons. The van der Waals surface area contributed by atoms with Gasteiger partial charge in [-0.05, 0) is 75.2 Å². The Morgan fingerprint density at radius 1 is 1.24 bits per heavy atom. The van der Waals surface area contributed by atoms with Crippen LogP contribution in [-0.2, 0) is 13.9 Å². The quantitative estimate of drug-likeness (QED) is 0.288. The van der Waals surface area contributed by atoms with Crippen molar-refractivity contribution in [2.45, 2.75) is 102 Å². The summed E-state index contributed by atoms with van der Waals surface area (Å²) in [5, 5.41) is 0.223. The fourth-order valence-corrected chi connectivity index (χ4v) is 7.41. The Hall–Kier alpha value is 0.277. The molecule has 2 atom stereocenters. The molecule has 0 bridgehead atoms. The van der Waals surface area contributed by atoms with Crippen LogP contribution in [0.1, 0.15) is 60.8 Å². The molecule has 2 fully saturated rings. The minimum atomic E-state index is -1.82. The second-order valence-electron chi connectivity index (χ2n) is 10.2. The van der Waals surface area contributed by atoms with Crippen molar-refractivity contribution in [2.75, 3.05) is 18.1 Å². The van der Waals surface area contributed by atoms with Crippen LogP contribution in [0, 0.1) is 0 Å². The van der Waals surface area contributed by atoms with E-state index in [1.165, 1.54) is 23.5 Å². The molecule has 0 aromatic carbocycles. The van der Waals surface area contributed by atoms with Gasteiger partial charge in [0.25, 0.3) is 0 Å². The lowest BCUT2D eigenvalue weighted by Crippen LogP contribution is -2.44. The third-order valence-electron chi connectivity index (χ3n) is 6.02. The van der Waals surface area contributed by atoms with Gasteiger partial charge in [-0.3, -0.25) is 0 Å². The molecule has 6 heteroatoms. The molecule has 0 N–H and O–H groups in total. The fraction of sp³-hybridized carbons (Fsp3) is 0.826. The molecule has 2 aliphatic heterocycles. The minimum absolute atomic E-state index is 0.157. The SMILES string of the molecule is C/C(=C/C=C/C[C@H]1COC(C)(C)O1)[C@H](CC1SCCCS1)O[Si](C)(C)C(C)(C)C. The molecule has 0 aliphatic carbocycles. The van der Waals surface area contributed by atoms with Gasteiger partial charge >= 0.3 is 0 Å². The summed E-state index contributed by atoms with van der Waals surface area (Å²) in [5.74, 6) is 2.13. The number of allylic oxidation sites excluding steroid dienone is 2. The highest BCUT2D eigenvalue weighted by atomic mass is 32.2. The van der Waals surface area contributed by atoms with Crippen molar-refractivity contribution in [2.24, 2.45) is 0 Å². The molecule has 0 saturated carbocycles. The average Bonchev–Trinajstić information content (AvgIpc) is 2.96. The van der Waals surface area contributed by atoms with Crippen LogP contribution in [0.4, 0.5) is 0 Å². The van der Waals surface area contributed by atoms with Crippen LogP contribution < -0.4 is 0 Å². The maximum Gasteiger partial charge on any atom is 0.192 e. The number of ether oxygens (including phenoxy) is 2. The highest BCUT2D eigenvalue weighted by molar-refractivity contribution is 8.17. The van der Waals surface area contributed by atoms with Gasteiger partial charge in [-0.25, -0.2) is 0 Å². The molecule has 0 aromatic rings. The van der Waals surface area contributed by atoms with Crippen molar-refractivity contribution < 1.29 is 13.9 Å². The first-order valence-corrected chi connectivity index (χ1v) is 16.0. The molecule has 168 valence electrons. The maximum atomic E-state index is 6.89. The van der Waals surface area contributed by atoms with Gasteiger partial charge in [0, 0.05) is 0 Å². The normalized spacial score (nSPS) is 25.7. The van der Waals surface area contributed by atoms with Crippen molar-refractivity contribution in [3.8, 4) is 0 Å². The van der Waals surface area contributed by atoms with Gasteiger partial charge in [0.2, 0.25) is 0 Å². The average molecular weight is 459 g/mol. The number of rotatable bonds is 8. The highest BCUT2D eigenvalue weighted by Crippen LogP contribution is 2.41. The van der Waals surface area contributed by atoms with Crippen LogP contribution in [0.15, 0.2) is 23.8 Å². The number of hydrogen-bond acceptors (Lipinski definition) is 5. The van der Waals surface area contributed by atoms with Crippen molar-refractivity contribution in [1.82, 2.24) is 0 Å². The van der Waals surface area contributed by atoms with E-state index in [2.05, 4.69) is 82.5 Å². The lowest BCUT2D eigenvalue weighted by Gasteiger charge is -2.40. The zero-order chi connectivity index (χ0) is 21.7. The summed E-state index contributed by atoms with van der Waals surface area (Å²) in [6.45, 7) is 18.6. The predicted octanol–water partition coefficient (Wildman–Crippen LogP) is 7.01. The van der Waals surface area contributed by atoms with Gasteiger partial charge in [-0.2, -0.15) is 0 Å². The Morgan fingerprint density at radius 3 is 2.45 bits per heavy atom. The second kappa shape index (κ2) is 10.7. The van der Waals surface area contributed by atoms with E-state index in [0.29, 0.717) is 11.2 Å². The molecule has 0 aromatic heterocycles. The molecule has 3 nitrogen and oxygen atoms in total. The van der Waals surface area contributed by atoms with Gasteiger partial charge in [0.1, 0.15) is 0 Å². The first kappa shape index (κ1) is 25.5. The summed E-state index contributed by atoms with van der Waals surface area (Å²) in [5.41, 5.74) is 1.33. The van der Waals surface area contributed by atoms with Crippen molar-refractivity contribution in [3.05, 3.63) is 23.8 Å². The van der Waals surface area contributed by atoms with E-state index in [1.54, 1.807) is 0 Å². The Kier molecular flexibility index (Phi) is 9.45. The summed E-state index contributed by atoms with van der Waals surface area (Å²) in [7, 11) is -1.82. The molecule has 29 heavy (non-hydrogen) atoms. The Bertz CT molecular complexity index is 575. The van der Waals surface area contributed by atoms with Crippen LogP contribution >= 0.6 is 23.5 Å². The van der Waals surface area contributed by atoms with E-state index in [4.69, 9.17) is 13.9 Å². The summed E-state index contributed by atoms with van der Waals surface area (Å²) in [6, 6.07) is 0. The molecule has 2 heterocycles. The first-order chi connectivity index (χ1) is 13.4. The lowest BCUT2D eigenvalue weighted by atomic mass is 10.1. The molecule has 2 aliphatic rings. The molecule has 0 unspecified atom stereocenters. The van der Waals surface area contributed by atoms with Crippen LogP contribution in [-0.4, -0.2) is 49.0 Å². The molecule has 0 amide bonds. The van der Waals surface area contributed by atoms with E-state index < -0.39 is 14.1 Å². The van der Waals surface area contributed by atoms with Crippen LogP contribution in [0.3, 0.4) is 0 Å². The summed E-state index contributed by atoms with van der Waals surface area (Å²) < 4.78 is 19.1. The van der Waals surface area contributed by atoms with Crippen LogP contribution in [0.25, 0.3) is 0 Å². The zero-order valence-electron chi connectivity index (χ0n) is 19.7. The molecule has 0 spiro atoms. The predicted molar refractivity (Wildman–Crippen MR) is 132 cm³/mol. The topological polar surface area (TPSA) is 27.7 Å². The largest absolute Gasteiger partial charge is 0.410 e. The standard InChI is InChI=1S/C23H42O3S2Si/c1-18(12-9-10-13-19-17-24-23(5,6)25-19)20(16-21-27-14-11-15-28-21)26-29(7,8)22(2,3)4/h9-10,12,19-21H,11,13-17H2,1-8H3/b10-9+,18-12-/t19-,20-/m0/s1. The molecule has 2 rings (SSSR count). The zero-order valence-corrected chi connectivity index (χ0v) is 22.4. The summed E-state index contributed by atoms with van der Waals surface area (Å²) in [6.07, 6.45) is 10.3. The van der Waals surface area contributed by atoms with Crippen LogP contribution in [0.5, 0.6) is 0 Å². The Labute approximate surface area is 188 Å². The summed E-state index contributed by atoms with van der Waals surface area (Å²) in [4.78, 5) is 0. The minimum Gasteiger partial charge on any atom is -0.410 e. The van der Waals surface area contributed by atoms with Gasteiger partial charge in [-0.15, -0.1) is 23.5 Å². The lowest BCUT2D eigenvalue weighted by molar-refractivity contribution is -0.137. The Balaban J connectivity index is 2.01. The van der Waals surface area contributed by atoms with Gasteiger partial charge in [0.05, 0.1) is 23.4 Å². The third kappa shape index (κ3) is 8.38. The van der Waals surface area contributed by atoms with Crippen molar-refractivity contribution in [3.63, 3.8) is 0 Å². The Morgan fingerprint density at radius 2 is 1.90 bits per heavy atom. The van der Waals surface area contributed by atoms with Gasteiger partial charge in [-0.1, -0.05) is 39.0 Å². The van der Waals surface area contributed by atoms with Crippen molar-refractivity contribution in [1.29, 1.82) is 0 Å². The summed E-state index contributed by atoms with van der Waals surface area (Å²) >= 11 is 4.22. The van der Waals surface area contributed by atoms with Gasteiger partial charge in [0.15, 0.2) is 14.1 Å². The number of hydrogen-bond donors (Lipinski definition) is 0. The maximum absolute atomic E-state index is 6.89. The smallest absolute Gasteiger partial charge is 0.192 e. The van der Waals surface area contributed by atoms with Crippen LogP contribution in [0.2, 0.25) is 18.1 Å². The molecule has 2 saturated heterocycles. The molecular formula is C23H42O3S2Si. The van der Waals surface area contributed by atoms with E-state index in [1.807, 2.05) is 13.8 Å². The van der Waals surface area contributed by atoms with Crippen molar-refractivity contribution >= 4 is 31.8 Å². The third-order valence-corrected chi connectivity index (χ3v) is 13.5. The van der Waals surface area contributed by atoms with E-state index in [-0.39, 0.29) is 17.2 Å².